The molecular weight excluding hydrogens is 316 g/mol. The quantitative estimate of drug-likeness (QED) is 0.860. The first-order chi connectivity index (χ1) is 12.1. The number of hydrogen-bond acceptors (Lipinski definition) is 4. The molecule has 1 unspecified atom stereocenters. The Bertz CT molecular complexity index is 626. The van der Waals surface area contributed by atoms with Crippen molar-refractivity contribution in [3.05, 3.63) is 29.3 Å². The summed E-state index contributed by atoms with van der Waals surface area (Å²) in [5.41, 5.74) is 3.34. The number of aryl methyl sites for hydroxylation is 2. The van der Waals surface area contributed by atoms with Crippen LogP contribution in [-0.4, -0.2) is 66.9 Å². The van der Waals surface area contributed by atoms with Crippen LogP contribution in [0.1, 0.15) is 24.0 Å². The minimum absolute atomic E-state index is 0.106. The highest BCUT2D eigenvalue weighted by atomic mass is 16.2. The Hall–Kier alpha value is -2.08. The highest BCUT2D eigenvalue weighted by Crippen LogP contribution is 2.20. The molecule has 1 aromatic carbocycles. The molecule has 2 saturated heterocycles. The summed E-state index contributed by atoms with van der Waals surface area (Å²) in [7, 11) is 0. The van der Waals surface area contributed by atoms with Crippen LogP contribution in [0.5, 0.6) is 0 Å². The molecule has 3 rings (SSSR count). The normalized spacial score (nSPS) is 21.4. The smallest absolute Gasteiger partial charge is 0.241 e. The van der Waals surface area contributed by atoms with Crippen molar-refractivity contribution in [2.45, 2.75) is 32.7 Å². The number of rotatable bonds is 4. The van der Waals surface area contributed by atoms with Gasteiger partial charge in [-0.25, -0.2) is 0 Å². The summed E-state index contributed by atoms with van der Waals surface area (Å²) in [6.45, 7) is 7.82. The molecule has 2 heterocycles. The fourth-order valence-electron chi connectivity index (χ4n) is 3.81. The molecule has 0 radical (unpaired) electrons. The molecule has 0 aromatic heterocycles. The summed E-state index contributed by atoms with van der Waals surface area (Å²) < 4.78 is 0. The largest absolute Gasteiger partial charge is 0.376 e. The monoisotopic (exact) mass is 344 g/mol. The third-order valence-corrected chi connectivity index (χ3v) is 5.21. The van der Waals surface area contributed by atoms with E-state index in [1.807, 2.05) is 41.8 Å². The first kappa shape index (κ1) is 17.7. The Kier molecular flexibility index (Phi) is 5.58. The van der Waals surface area contributed by atoms with Gasteiger partial charge in [-0.05, 0) is 37.8 Å². The molecule has 0 aliphatic carbocycles. The summed E-state index contributed by atoms with van der Waals surface area (Å²) in [6, 6.07) is 6.28. The highest BCUT2D eigenvalue weighted by Gasteiger charge is 2.31. The fourth-order valence-corrected chi connectivity index (χ4v) is 3.81. The lowest BCUT2D eigenvalue weighted by molar-refractivity contribution is -0.139. The number of piperazine rings is 1. The van der Waals surface area contributed by atoms with E-state index in [0.29, 0.717) is 19.6 Å². The first-order valence-electron chi connectivity index (χ1n) is 9.14. The first-order valence-corrected chi connectivity index (χ1v) is 9.14. The number of para-hydroxylation sites is 1. The highest BCUT2D eigenvalue weighted by molar-refractivity contribution is 5.82. The van der Waals surface area contributed by atoms with Gasteiger partial charge in [0.2, 0.25) is 11.8 Å². The maximum Gasteiger partial charge on any atom is 0.241 e. The average Bonchev–Trinajstić information content (AvgIpc) is 2.61. The molecule has 136 valence electrons. The predicted molar refractivity (Wildman–Crippen MR) is 98.6 cm³/mol. The van der Waals surface area contributed by atoms with Crippen molar-refractivity contribution < 1.29 is 9.59 Å². The zero-order chi connectivity index (χ0) is 17.8. The lowest BCUT2D eigenvalue weighted by Gasteiger charge is -2.41. The second-order valence-electron chi connectivity index (χ2n) is 7.02. The van der Waals surface area contributed by atoms with E-state index in [0.717, 1.165) is 49.3 Å². The molecule has 25 heavy (non-hydrogen) atoms. The summed E-state index contributed by atoms with van der Waals surface area (Å²) in [5.74, 6) is 0.258. The Labute approximate surface area is 149 Å². The van der Waals surface area contributed by atoms with Gasteiger partial charge in [-0.3, -0.25) is 9.59 Å². The molecule has 1 atom stereocenters. The van der Waals surface area contributed by atoms with E-state index in [9.17, 15) is 9.59 Å². The molecule has 1 aromatic rings. The van der Waals surface area contributed by atoms with Gasteiger partial charge >= 0.3 is 0 Å². The molecule has 6 heteroatoms. The van der Waals surface area contributed by atoms with Crippen LogP contribution in [0.15, 0.2) is 18.2 Å². The number of piperidine rings is 1. The summed E-state index contributed by atoms with van der Waals surface area (Å²) >= 11 is 0. The van der Waals surface area contributed by atoms with Gasteiger partial charge in [0, 0.05) is 37.9 Å². The number of anilines is 1. The van der Waals surface area contributed by atoms with Gasteiger partial charge in [-0.1, -0.05) is 18.2 Å². The van der Waals surface area contributed by atoms with E-state index < -0.39 is 0 Å². The minimum atomic E-state index is 0.106. The van der Waals surface area contributed by atoms with Gasteiger partial charge in [0.25, 0.3) is 0 Å². The molecule has 2 aliphatic rings. The maximum absolute atomic E-state index is 12.7. The number of hydrogen-bond donors (Lipinski definition) is 2. The second kappa shape index (κ2) is 7.87. The number of nitrogens with zero attached hydrogens (tertiary/aromatic N) is 2. The lowest BCUT2D eigenvalue weighted by atomic mass is 10.0. The van der Waals surface area contributed by atoms with Crippen molar-refractivity contribution in [2.24, 2.45) is 0 Å². The summed E-state index contributed by atoms with van der Waals surface area (Å²) in [5, 5.41) is 6.40. The second-order valence-corrected chi connectivity index (χ2v) is 7.02. The molecule has 2 amide bonds. The van der Waals surface area contributed by atoms with Crippen LogP contribution in [0.25, 0.3) is 0 Å². The standard InChI is InChI=1S/C19H28N4O2/c1-14-5-3-6-15(2)19(14)21-12-17(24)22-9-4-7-16(13-22)23-10-8-20-11-18(23)25/h3,5-6,16,20-21H,4,7-13H2,1-2H3. The Morgan fingerprint density at radius 1 is 1.28 bits per heavy atom. The van der Waals surface area contributed by atoms with Crippen molar-refractivity contribution in [2.75, 3.05) is 44.6 Å². The SMILES string of the molecule is Cc1cccc(C)c1NCC(=O)N1CCCC(N2CCNCC2=O)C1. The van der Waals surface area contributed by atoms with Gasteiger partial charge in [-0.2, -0.15) is 0 Å². The van der Waals surface area contributed by atoms with Crippen molar-refractivity contribution >= 4 is 17.5 Å². The van der Waals surface area contributed by atoms with Crippen molar-refractivity contribution in [1.82, 2.24) is 15.1 Å². The Morgan fingerprint density at radius 2 is 2.04 bits per heavy atom. The molecule has 2 aliphatic heterocycles. The van der Waals surface area contributed by atoms with E-state index in [4.69, 9.17) is 0 Å². The van der Waals surface area contributed by atoms with E-state index in [2.05, 4.69) is 10.6 Å². The molecule has 0 spiro atoms. The van der Waals surface area contributed by atoms with Crippen LogP contribution in [-0.2, 0) is 9.59 Å². The van der Waals surface area contributed by atoms with E-state index >= 15 is 0 Å². The minimum Gasteiger partial charge on any atom is -0.376 e. The zero-order valence-corrected chi connectivity index (χ0v) is 15.2. The molecule has 6 nitrogen and oxygen atoms in total. The van der Waals surface area contributed by atoms with E-state index in [1.54, 1.807) is 0 Å². The number of likely N-dealkylation sites (tertiary alicyclic amines) is 1. The number of nitrogens with one attached hydrogen (secondary N) is 2. The Balaban J connectivity index is 1.57. The molecular formula is C19H28N4O2. The number of carbonyl (C=O) groups excluding carboxylic acids is 2. The van der Waals surface area contributed by atoms with Crippen molar-refractivity contribution in [3.8, 4) is 0 Å². The number of benzene rings is 1. The van der Waals surface area contributed by atoms with Crippen LogP contribution >= 0.6 is 0 Å². The van der Waals surface area contributed by atoms with Gasteiger partial charge in [-0.15, -0.1) is 0 Å². The predicted octanol–water partition coefficient (Wildman–Crippen LogP) is 1.14. The van der Waals surface area contributed by atoms with Crippen LogP contribution in [0.2, 0.25) is 0 Å². The van der Waals surface area contributed by atoms with Gasteiger partial charge in [0.05, 0.1) is 13.1 Å². The summed E-state index contributed by atoms with van der Waals surface area (Å²) in [6.07, 6.45) is 1.94. The molecule has 0 bridgehead atoms. The zero-order valence-electron chi connectivity index (χ0n) is 15.2. The van der Waals surface area contributed by atoms with Gasteiger partial charge in [0.15, 0.2) is 0 Å². The third kappa shape index (κ3) is 4.12. The van der Waals surface area contributed by atoms with Crippen LogP contribution < -0.4 is 10.6 Å². The fraction of sp³-hybridized carbons (Fsp3) is 0.579. The molecule has 2 N–H and O–H groups in total. The van der Waals surface area contributed by atoms with Crippen molar-refractivity contribution in [3.63, 3.8) is 0 Å². The Morgan fingerprint density at radius 3 is 2.76 bits per heavy atom. The van der Waals surface area contributed by atoms with Crippen LogP contribution in [0, 0.1) is 13.8 Å². The topological polar surface area (TPSA) is 64.7 Å². The van der Waals surface area contributed by atoms with Gasteiger partial charge in [0.1, 0.15) is 0 Å². The van der Waals surface area contributed by atoms with Crippen molar-refractivity contribution in [1.29, 1.82) is 0 Å². The maximum atomic E-state index is 12.7. The third-order valence-electron chi connectivity index (χ3n) is 5.21. The average molecular weight is 344 g/mol. The number of amides is 2. The van der Waals surface area contributed by atoms with Crippen LogP contribution in [0.4, 0.5) is 5.69 Å². The molecule has 2 fully saturated rings. The van der Waals surface area contributed by atoms with E-state index in [-0.39, 0.29) is 17.9 Å². The lowest BCUT2D eigenvalue weighted by Crippen LogP contribution is -2.57. The van der Waals surface area contributed by atoms with Gasteiger partial charge < -0.3 is 20.4 Å². The van der Waals surface area contributed by atoms with Crippen LogP contribution in [0.3, 0.4) is 0 Å². The summed E-state index contributed by atoms with van der Waals surface area (Å²) in [4.78, 5) is 28.6. The molecule has 0 saturated carbocycles. The number of carbonyl (C=O) groups is 2. The van der Waals surface area contributed by atoms with E-state index in [1.165, 1.54) is 0 Å².